The molecule has 0 atom stereocenters. The molecule has 0 bridgehead atoms. The molecule has 2 amide bonds. The van der Waals surface area contributed by atoms with Crippen LogP contribution in [0.15, 0.2) is 29.2 Å². The quantitative estimate of drug-likeness (QED) is 0.601. The summed E-state index contributed by atoms with van der Waals surface area (Å²) >= 11 is 0. The van der Waals surface area contributed by atoms with Gasteiger partial charge in [-0.1, -0.05) is 24.6 Å². The molecule has 1 aromatic rings. The molecule has 0 saturated heterocycles. The second kappa shape index (κ2) is 9.26. The molecule has 0 spiro atoms. The standard InChI is InChI=1S/C15H23N3O4S/c1-3-9-16-15(20)11-17-14(19)8-10-18-23(21,22)13-6-4-12(2)5-7-13/h4-7,18H,3,8-11H2,1-2H3,(H,16,20)(H,17,19). The van der Waals surface area contributed by atoms with Crippen LogP contribution in [0.25, 0.3) is 0 Å². The van der Waals surface area contributed by atoms with Crippen LogP contribution in [0.1, 0.15) is 25.3 Å². The zero-order valence-electron chi connectivity index (χ0n) is 13.4. The molecular weight excluding hydrogens is 318 g/mol. The van der Waals surface area contributed by atoms with Crippen LogP contribution in [0.2, 0.25) is 0 Å². The largest absolute Gasteiger partial charge is 0.355 e. The van der Waals surface area contributed by atoms with Crippen molar-refractivity contribution in [3.8, 4) is 0 Å². The first-order valence-electron chi connectivity index (χ1n) is 7.45. The fourth-order valence-corrected chi connectivity index (χ4v) is 2.73. The smallest absolute Gasteiger partial charge is 0.240 e. The van der Waals surface area contributed by atoms with Crippen molar-refractivity contribution in [3.05, 3.63) is 29.8 Å². The van der Waals surface area contributed by atoms with Gasteiger partial charge < -0.3 is 10.6 Å². The Hall–Kier alpha value is -1.93. The number of nitrogens with one attached hydrogen (secondary N) is 3. The van der Waals surface area contributed by atoms with Crippen LogP contribution in [0, 0.1) is 6.92 Å². The average molecular weight is 341 g/mol. The average Bonchev–Trinajstić information content (AvgIpc) is 2.51. The Morgan fingerprint density at radius 1 is 1.00 bits per heavy atom. The summed E-state index contributed by atoms with van der Waals surface area (Å²) < 4.78 is 26.4. The van der Waals surface area contributed by atoms with Crippen molar-refractivity contribution in [3.63, 3.8) is 0 Å². The molecule has 3 N–H and O–H groups in total. The monoisotopic (exact) mass is 341 g/mol. The lowest BCUT2D eigenvalue weighted by atomic mass is 10.2. The second-order valence-electron chi connectivity index (χ2n) is 5.09. The molecule has 0 fully saturated rings. The first-order valence-corrected chi connectivity index (χ1v) is 8.93. The Bertz CT molecular complexity index is 627. The predicted octanol–water partition coefficient (Wildman–Crippen LogP) is 0.306. The summed E-state index contributed by atoms with van der Waals surface area (Å²) in [4.78, 5) is 23.0. The Kier molecular flexibility index (Phi) is 7.70. The van der Waals surface area contributed by atoms with Gasteiger partial charge in [0.2, 0.25) is 21.8 Å². The number of carbonyl (C=O) groups is 2. The van der Waals surface area contributed by atoms with Crippen LogP contribution in [0.4, 0.5) is 0 Å². The third kappa shape index (κ3) is 7.25. The van der Waals surface area contributed by atoms with Crippen molar-refractivity contribution in [2.24, 2.45) is 0 Å². The molecule has 0 unspecified atom stereocenters. The van der Waals surface area contributed by atoms with E-state index in [0.717, 1.165) is 12.0 Å². The van der Waals surface area contributed by atoms with Gasteiger partial charge in [0.15, 0.2) is 0 Å². The minimum Gasteiger partial charge on any atom is -0.355 e. The van der Waals surface area contributed by atoms with Gasteiger partial charge in [0.1, 0.15) is 0 Å². The number of aryl methyl sites for hydroxylation is 1. The molecule has 8 heteroatoms. The SMILES string of the molecule is CCCNC(=O)CNC(=O)CCNS(=O)(=O)c1ccc(C)cc1. The van der Waals surface area contributed by atoms with Crippen LogP contribution in [-0.4, -0.2) is 39.9 Å². The van der Waals surface area contributed by atoms with Crippen molar-refractivity contribution >= 4 is 21.8 Å². The van der Waals surface area contributed by atoms with E-state index in [1.807, 2.05) is 13.8 Å². The summed E-state index contributed by atoms with van der Waals surface area (Å²) in [5.41, 5.74) is 0.963. The number of rotatable bonds is 9. The van der Waals surface area contributed by atoms with Crippen molar-refractivity contribution < 1.29 is 18.0 Å². The molecular formula is C15H23N3O4S. The summed E-state index contributed by atoms with van der Waals surface area (Å²) in [6.07, 6.45) is 0.784. The molecule has 1 aromatic carbocycles. The van der Waals surface area contributed by atoms with Crippen molar-refractivity contribution in [1.82, 2.24) is 15.4 Å². The molecule has 0 radical (unpaired) electrons. The van der Waals surface area contributed by atoms with E-state index in [4.69, 9.17) is 0 Å². The van der Waals surface area contributed by atoms with E-state index in [9.17, 15) is 18.0 Å². The maximum atomic E-state index is 12.0. The van der Waals surface area contributed by atoms with Crippen LogP contribution in [0.5, 0.6) is 0 Å². The third-order valence-electron chi connectivity index (χ3n) is 2.99. The van der Waals surface area contributed by atoms with Gasteiger partial charge >= 0.3 is 0 Å². The van der Waals surface area contributed by atoms with Gasteiger partial charge in [0.25, 0.3) is 0 Å². The molecule has 0 aromatic heterocycles. The molecule has 128 valence electrons. The third-order valence-corrected chi connectivity index (χ3v) is 4.47. The molecule has 0 aliphatic heterocycles. The Balaban J connectivity index is 2.34. The predicted molar refractivity (Wildman–Crippen MR) is 87.3 cm³/mol. The van der Waals surface area contributed by atoms with Crippen LogP contribution in [0.3, 0.4) is 0 Å². The Morgan fingerprint density at radius 2 is 1.65 bits per heavy atom. The van der Waals surface area contributed by atoms with Crippen molar-refractivity contribution in [1.29, 1.82) is 0 Å². The highest BCUT2D eigenvalue weighted by atomic mass is 32.2. The second-order valence-corrected chi connectivity index (χ2v) is 6.85. The van der Waals surface area contributed by atoms with E-state index >= 15 is 0 Å². The summed E-state index contributed by atoms with van der Waals surface area (Å²) in [6, 6.07) is 6.43. The molecule has 1 rings (SSSR count). The fraction of sp³-hybridized carbons (Fsp3) is 0.467. The number of amides is 2. The van der Waals surface area contributed by atoms with Gasteiger partial charge in [-0.2, -0.15) is 0 Å². The molecule has 0 heterocycles. The molecule has 0 aliphatic carbocycles. The first kappa shape index (κ1) is 19.1. The van der Waals surface area contributed by atoms with Crippen LogP contribution in [-0.2, 0) is 19.6 Å². The van der Waals surface area contributed by atoms with E-state index < -0.39 is 10.0 Å². The highest BCUT2D eigenvalue weighted by molar-refractivity contribution is 7.89. The maximum Gasteiger partial charge on any atom is 0.240 e. The van der Waals surface area contributed by atoms with Gasteiger partial charge in [-0.15, -0.1) is 0 Å². The van der Waals surface area contributed by atoms with E-state index in [1.54, 1.807) is 12.1 Å². The van der Waals surface area contributed by atoms with Gasteiger partial charge in [-0.3, -0.25) is 9.59 Å². The van der Waals surface area contributed by atoms with Gasteiger partial charge in [-0.25, -0.2) is 13.1 Å². The molecule has 7 nitrogen and oxygen atoms in total. The number of carbonyl (C=O) groups excluding carboxylic acids is 2. The fourth-order valence-electron chi connectivity index (χ4n) is 1.69. The van der Waals surface area contributed by atoms with Crippen molar-refractivity contribution in [2.45, 2.75) is 31.6 Å². The molecule has 0 saturated carbocycles. The van der Waals surface area contributed by atoms with Gasteiger partial charge in [0, 0.05) is 19.5 Å². The van der Waals surface area contributed by atoms with Crippen LogP contribution >= 0.6 is 0 Å². The minimum absolute atomic E-state index is 0.0291. The lowest BCUT2D eigenvalue weighted by Gasteiger charge is -2.08. The van der Waals surface area contributed by atoms with Crippen LogP contribution < -0.4 is 15.4 Å². The number of sulfonamides is 1. The van der Waals surface area contributed by atoms with Gasteiger partial charge in [-0.05, 0) is 25.5 Å². The van der Waals surface area contributed by atoms with Crippen molar-refractivity contribution in [2.75, 3.05) is 19.6 Å². The van der Waals surface area contributed by atoms with E-state index in [-0.39, 0.29) is 36.2 Å². The summed E-state index contributed by atoms with van der Waals surface area (Å²) in [5.74, 6) is -0.649. The Morgan fingerprint density at radius 3 is 2.26 bits per heavy atom. The highest BCUT2D eigenvalue weighted by Gasteiger charge is 2.14. The first-order chi connectivity index (χ1) is 10.8. The van der Waals surface area contributed by atoms with E-state index in [1.165, 1.54) is 12.1 Å². The number of benzene rings is 1. The topological polar surface area (TPSA) is 104 Å². The zero-order chi connectivity index (χ0) is 17.3. The van der Waals surface area contributed by atoms with Gasteiger partial charge in [0.05, 0.1) is 11.4 Å². The minimum atomic E-state index is -3.63. The highest BCUT2D eigenvalue weighted by Crippen LogP contribution is 2.09. The zero-order valence-corrected chi connectivity index (χ0v) is 14.2. The number of hydrogen-bond donors (Lipinski definition) is 3. The molecule has 0 aliphatic rings. The lowest BCUT2D eigenvalue weighted by Crippen LogP contribution is -2.38. The normalized spacial score (nSPS) is 11.0. The molecule has 23 heavy (non-hydrogen) atoms. The lowest BCUT2D eigenvalue weighted by molar-refractivity contribution is -0.126. The summed E-state index contributed by atoms with van der Waals surface area (Å²) in [5, 5.41) is 5.07. The number of hydrogen-bond acceptors (Lipinski definition) is 4. The maximum absolute atomic E-state index is 12.0. The summed E-state index contributed by atoms with van der Waals surface area (Å²) in [7, 11) is -3.63. The Labute approximate surface area is 136 Å². The van der Waals surface area contributed by atoms with E-state index in [0.29, 0.717) is 6.54 Å². The summed E-state index contributed by atoms with van der Waals surface area (Å²) in [6.45, 7) is 4.22. The van der Waals surface area contributed by atoms with E-state index in [2.05, 4.69) is 15.4 Å².